The lowest BCUT2D eigenvalue weighted by molar-refractivity contribution is 1.10. The van der Waals surface area contributed by atoms with E-state index in [-0.39, 0.29) is 0 Å². The topological polar surface area (TPSA) is 125 Å². The van der Waals surface area contributed by atoms with E-state index in [1.165, 1.54) is 0 Å². The summed E-state index contributed by atoms with van der Waals surface area (Å²) in [6.07, 6.45) is 10.3. The molecule has 0 bridgehead atoms. The van der Waals surface area contributed by atoms with Crippen molar-refractivity contribution in [3.8, 4) is 22.9 Å². The third-order valence-corrected chi connectivity index (χ3v) is 4.88. The van der Waals surface area contributed by atoms with Crippen LogP contribution in [0.1, 0.15) is 6.92 Å². The Labute approximate surface area is 176 Å². The zero-order valence-corrected chi connectivity index (χ0v) is 16.9. The van der Waals surface area contributed by atoms with Gasteiger partial charge in [-0.15, -0.1) is 0 Å². The minimum Gasteiger partial charge on any atom is -0.347 e. The standard InChI is InChI=1S/C21H18N10/c1-12(22-2)11-31(3)17-4-5-25-20-19(17)27-21(28-20)18-13-8-14(16-9-23-6-7-24-16)26-10-15(13)29-30-18/h4-11H,2H2,1,3H3,(H,29,30)(H,25,27,28)/b12-11-. The molecule has 5 rings (SSSR count). The van der Waals surface area contributed by atoms with E-state index in [9.17, 15) is 0 Å². The number of aromatic nitrogens is 8. The van der Waals surface area contributed by atoms with Gasteiger partial charge in [0.25, 0.3) is 0 Å². The predicted octanol–water partition coefficient (Wildman–Crippen LogP) is 3.35. The molecule has 0 aliphatic carbocycles. The first-order chi connectivity index (χ1) is 15.1. The summed E-state index contributed by atoms with van der Waals surface area (Å²) < 4.78 is 0. The third kappa shape index (κ3) is 3.29. The maximum atomic E-state index is 4.67. The number of hydrogen-bond acceptors (Lipinski definition) is 8. The Morgan fingerprint density at radius 2 is 2.03 bits per heavy atom. The van der Waals surface area contributed by atoms with Crippen molar-refractivity contribution < 1.29 is 0 Å². The molecule has 31 heavy (non-hydrogen) atoms. The van der Waals surface area contributed by atoms with Crippen LogP contribution in [0.2, 0.25) is 0 Å². The fourth-order valence-corrected chi connectivity index (χ4v) is 3.36. The van der Waals surface area contributed by atoms with Crippen molar-refractivity contribution in [2.24, 2.45) is 4.99 Å². The molecular weight excluding hydrogens is 392 g/mol. The fraction of sp³-hybridized carbons (Fsp3) is 0.0952. The smallest absolute Gasteiger partial charge is 0.180 e. The number of nitrogens with one attached hydrogen (secondary N) is 2. The number of anilines is 1. The highest BCUT2D eigenvalue weighted by Gasteiger charge is 2.17. The number of imidazole rings is 1. The molecule has 0 aliphatic heterocycles. The van der Waals surface area contributed by atoms with Gasteiger partial charge in [-0.25, -0.2) is 9.97 Å². The number of aliphatic imine (C=N–C) groups is 1. The highest BCUT2D eigenvalue weighted by molar-refractivity contribution is 5.95. The first kappa shape index (κ1) is 18.6. The minimum atomic E-state index is 0.594. The molecule has 0 amide bonds. The quantitative estimate of drug-likeness (QED) is 0.426. The fourth-order valence-electron chi connectivity index (χ4n) is 3.36. The van der Waals surface area contributed by atoms with E-state index in [1.807, 2.05) is 37.2 Å². The molecule has 5 aromatic rings. The van der Waals surface area contributed by atoms with Crippen LogP contribution in [-0.4, -0.2) is 53.9 Å². The monoisotopic (exact) mass is 410 g/mol. The van der Waals surface area contributed by atoms with Gasteiger partial charge in [0.05, 0.1) is 35.0 Å². The summed E-state index contributed by atoms with van der Waals surface area (Å²) in [5.41, 5.74) is 5.96. The summed E-state index contributed by atoms with van der Waals surface area (Å²) in [6, 6.07) is 3.84. The molecule has 0 radical (unpaired) electrons. The van der Waals surface area contributed by atoms with Crippen molar-refractivity contribution in [1.82, 2.24) is 40.1 Å². The van der Waals surface area contributed by atoms with Crippen LogP contribution in [-0.2, 0) is 0 Å². The number of pyridine rings is 2. The van der Waals surface area contributed by atoms with Gasteiger partial charge in [-0.2, -0.15) is 5.10 Å². The van der Waals surface area contributed by atoms with Gasteiger partial charge in [0.1, 0.15) is 16.9 Å². The highest BCUT2D eigenvalue weighted by atomic mass is 15.2. The van der Waals surface area contributed by atoms with Gasteiger partial charge in [0, 0.05) is 37.2 Å². The zero-order valence-electron chi connectivity index (χ0n) is 16.9. The lowest BCUT2D eigenvalue weighted by Crippen LogP contribution is -2.09. The van der Waals surface area contributed by atoms with Crippen LogP contribution in [0.3, 0.4) is 0 Å². The molecule has 0 spiro atoms. The maximum absolute atomic E-state index is 4.67. The number of allylic oxidation sites excluding steroid dienone is 1. The molecule has 10 nitrogen and oxygen atoms in total. The minimum absolute atomic E-state index is 0.594. The van der Waals surface area contributed by atoms with Crippen molar-refractivity contribution in [2.45, 2.75) is 6.92 Å². The molecule has 5 heterocycles. The number of hydrogen-bond donors (Lipinski definition) is 2. The number of nitrogens with zero attached hydrogens (tertiary/aromatic N) is 8. The Morgan fingerprint density at radius 3 is 2.84 bits per heavy atom. The molecule has 5 aromatic heterocycles. The van der Waals surface area contributed by atoms with E-state index in [0.717, 1.165) is 27.8 Å². The van der Waals surface area contributed by atoms with E-state index in [4.69, 9.17) is 0 Å². The highest BCUT2D eigenvalue weighted by Crippen LogP contribution is 2.30. The molecule has 10 heteroatoms. The van der Waals surface area contributed by atoms with Crippen molar-refractivity contribution in [3.63, 3.8) is 0 Å². The summed E-state index contributed by atoms with van der Waals surface area (Å²) in [5.74, 6) is 0.605. The van der Waals surface area contributed by atoms with E-state index in [0.29, 0.717) is 28.6 Å². The Bertz CT molecular complexity index is 1430. The van der Waals surface area contributed by atoms with Crippen LogP contribution < -0.4 is 4.90 Å². The van der Waals surface area contributed by atoms with Gasteiger partial charge in [-0.1, -0.05) is 0 Å². The molecule has 0 unspecified atom stereocenters. The first-order valence-corrected chi connectivity index (χ1v) is 9.47. The van der Waals surface area contributed by atoms with Gasteiger partial charge < -0.3 is 9.88 Å². The lowest BCUT2D eigenvalue weighted by atomic mass is 10.2. The largest absolute Gasteiger partial charge is 0.347 e. The molecule has 0 saturated heterocycles. The molecule has 0 saturated carbocycles. The third-order valence-electron chi connectivity index (χ3n) is 4.88. The summed E-state index contributed by atoms with van der Waals surface area (Å²) in [4.78, 5) is 31.2. The van der Waals surface area contributed by atoms with Crippen molar-refractivity contribution in [2.75, 3.05) is 11.9 Å². The number of fused-ring (bicyclic) bond motifs is 2. The number of H-pyrrole nitrogens is 2. The maximum Gasteiger partial charge on any atom is 0.180 e. The second-order valence-corrected chi connectivity index (χ2v) is 6.93. The van der Waals surface area contributed by atoms with Gasteiger partial charge in [0.15, 0.2) is 11.5 Å². The molecule has 0 aliphatic rings. The zero-order chi connectivity index (χ0) is 21.4. The second kappa shape index (κ2) is 7.41. The molecule has 2 N–H and O–H groups in total. The van der Waals surface area contributed by atoms with E-state index >= 15 is 0 Å². The Kier molecular flexibility index (Phi) is 4.43. The first-order valence-electron chi connectivity index (χ1n) is 9.47. The summed E-state index contributed by atoms with van der Waals surface area (Å²) >= 11 is 0. The molecule has 0 fully saturated rings. The average molecular weight is 410 g/mol. The van der Waals surface area contributed by atoms with Crippen LogP contribution in [0.4, 0.5) is 5.69 Å². The van der Waals surface area contributed by atoms with Crippen LogP contribution in [0.25, 0.3) is 45.0 Å². The number of aromatic amines is 2. The molecular formula is C21H18N10. The Morgan fingerprint density at radius 1 is 1.13 bits per heavy atom. The van der Waals surface area contributed by atoms with E-state index < -0.39 is 0 Å². The van der Waals surface area contributed by atoms with Crippen LogP contribution >= 0.6 is 0 Å². The lowest BCUT2D eigenvalue weighted by Gasteiger charge is -2.15. The van der Waals surface area contributed by atoms with Gasteiger partial charge in [0.2, 0.25) is 0 Å². The summed E-state index contributed by atoms with van der Waals surface area (Å²) in [5, 5.41) is 8.34. The van der Waals surface area contributed by atoms with Crippen LogP contribution in [0, 0.1) is 0 Å². The van der Waals surface area contributed by atoms with Crippen LogP contribution in [0.15, 0.2) is 60.0 Å². The van der Waals surface area contributed by atoms with Gasteiger partial charge >= 0.3 is 0 Å². The van der Waals surface area contributed by atoms with Crippen LogP contribution in [0.5, 0.6) is 0 Å². The van der Waals surface area contributed by atoms with Crippen molar-refractivity contribution >= 4 is 34.5 Å². The normalized spacial score (nSPS) is 11.9. The summed E-state index contributed by atoms with van der Waals surface area (Å²) in [6.45, 7) is 5.45. The molecule has 152 valence electrons. The second-order valence-electron chi connectivity index (χ2n) is 6.93. The van der Waals surface area contributed by atoms with Gasteiger partial charge in [-0.05, 0) is 25.8 Å². The average Bonchev–Trinajstić information content (AvgIpc) is 3.42. The number of rotatable bonds is 5. The van der Waals surface area contributed by atoms with Gasteiger partial charge in [-0.3, -0.25) is 25.0 Å². The SMILES string of the molecule is C=N/C(C)=C\N(C)c1ccnc2nc(-c3n[nH]c4cnc(-c5cnccn5)cc34)[nH]c12. The van der Waals surface area contributed by atoms with E-state index in [1.54, 1.807) is 31.0 Å². The van der Waals surface area contributed by atoms with Crippen molar-refractivity contribution in [1.29, 1.82) is 0 Å². The Hall–Kier alpha value is -4.47. The molecule has 0 aromatic carbocycles. The predicted molar refractivity (Wildman–Crippen MR) is 120 cm³/mol. The molecule has 0 atom stereocenters. The summed E-state index contributed by atoms with van der Waals surface area (Å²) in [7, 11) is 1.94. The van der Waals surface area contributed by atoms with E-state index in [2.05, 4.69) is 51.8 Å². The Balaban J connectivity index is 1.63. The van der Waals surface area contributed by atoms with Crippen molar-refractivity contribution in [3.05, 3.63) is 55.0 Å².